The Morgan fingerprint density at radius 3 is 2.81 bits per heavy atom. The lowest BCUT2D eigenvalue weighted by atomic mass is 10.1. The van der Waals surface area contributed by atoms with Gasteiger partial charge in [-0.05, 0) is 11.8 Å². The van der Waals surface area contributed by atoms with Crippen LogP contribution in [0.1, 0.15) is 20.8 Å². The van der Waals surface area contributed by atoms with Crippen LogP contribution in [0, 0.1) is 11.8 Å². The molecule has 1 aliphatic rings. The van der Waals surface area contributed by atoms with E-state index < -0.39 is 0 Å². The van der Waals surface area contributed by atoms with Crippen molar-refractivity contribution in [3.63, 3.8) is 0 Å². The highest BCUT2D eigenvalue weighted by molar-refractivity contribution is 5.34. The fraction of sp³-hybridized carbons (Fsp3) is 0.750. The van der Waals surface area contributed by atoms with Crippen molar-refractivity contribution in [1.29, 1.82) is 0 Å². The van der Waals surface area contributed by atoms with Crippen LogP contribution in [0.15, 0.2) is 12.4 Å². The number of hydrogen-bond acceptors (Lipinski definition) is 3. The van der Waals surface area contributed by atoms with Gasteiger partial charge in [-0.15, -0.1) is 0 Å². The molecule has 0 aliphatic carbocycles. The molecule has 0 aromatic carbocycles. The van der Waals surface area contributed by atoms with E-state index in [4.69, 9.17) is 5.73 Å². The van der Waals surface area contributed by atoms with Gasteiger partial charge in [0.2, 0.25) is 5.95 Å². The maximum absolute atomic E-state index is 6.05. The molecule has 2 N–H and O–H groups in total. The number of nitrogens with two attached hydrogens (primary N) is 1. The van der Waals surface area contributed by atoms with Gasteiger partial charge in [-0.3, -0.25) is 0 Å². The zero-order chi connectivity index (χ0) is 11.7. The monoisotopic (exact) mass is 222 g/mol. The Hall–Kier alpha value is -1.03. The Kier molecular flexibility index (Phi) is 3.19. The van der Waals surface area contributed by atoms with Gasteiger partial charge in [-0.25, -0.2) is 4.98 Å². The minimum atomic E-state index is 0.282. The van der Waals surface area contributed by atoms with Crippen LogP contribution >= 0.6 is 0 Å². The maximum Gasteiger partial charge on any atom is 0.205 e. The van der Waals surface area contributed by atoms with Crippen LogP contribution in [-0.4, -0.2) is 28.7 Å². The first kappa shape index (κ1) is 11.5. The van der Waals surface area contributed by atoms with E-state index in [-0.39, 0.29) is 6.04 Å². The Balaban J connectivity index is 2.12. The molecule has 4 nitrogen and oxygen atoms in total. The lowest BCUT2D eigenvalue weighted by Gasteiger charge is -2.19. The van der Waals surface area contributed by atoms with Gasteiger partial charge in [0, 0.05) is 38.1 Å². The first-order valence-electron chi connectivity index (χ1n) is 6.09. The van der Waals surface area contributed by atoms with E-state index in [9.17, 15) is 0 Å². The van der Waals surface area contributed by atoms with Crippen molar-refractivity contribution in [2.24, 2.45) is 17.6 Å². The molecule has 0 spiro atoms. The standard InChI is InChI=1S/C12H22N4/c1-9(2)6-15-5-4-14-12(15)16-7-10(3)11(13)8-16/h4-5,9-11H,6-8,13H2,1-3H3. The molecule has 1 saturated heterocycles. The summed E-state index contributed by atoms with van der Waals surface area (Å²) < 4.78 is 2.23. The number of aromatic nitrogens is 2. The quantitative estimate of drug-likeness (QED) is 0.839. The summed E-state index contributed by atoms with van der Waals surface area (Å²) in [6.45, 7) is 9.63. The number of imidazole rings is 1. The SMILES string of the molecule is CC(C)Cn1ccnc1N1CC(C)C(N)C1. The van der Waals surface area contributed by atoms with Crippen LogP contribution in [0.25, 0.3) is 0 Å². The molecule has 1 aliphatic heterocycles. The molecule has 0 radical (unpaired) electrons. The fourth-order valence-electron chi connectivity index (χ4n) is 2.28. The van der Waals surface area contributed by atoms with Crippen LogP contribution in [0.5, 0.6) is 0 Å². The van der Waals surface area contributed by atoms with Crippen molar-refractivity contribution in [2.75, 3.05) is 18.0 Å². The van der Waals surface area contributed by atoms with Crippen molar-refractivity contribution in [3.8, 4) is 0 Å². The minimum absolute atomic E-state index is 0.282. The maximum atomic E-state index is 6.05. The lowest BCUT2D eigenvalue weighted by molar-refractivity contribution is 0.520. The van der Waals surface area contributed by atoms with Gasteiger partial charge in [0.05, 0.1) is 0 Å². The first-order valence-corrected chi connectivity index (χ1v) is 6.09. The van der Waals surface area contributed by atoms with Gasteiger partial charge >= 0.3 is 0 Å². The molecule has 90 valence electrons. The number of rotatable bonds is 3. The van der Waals surface area contributed by atoms with Crippen molar-refractivity contribution in [1.82, 2.24) is 9.55 Å². The zero-order valence-corrected chi connectivity index (χ0v) is 10.4. The highest BCUT2D eigenvalue weighted by Crippen LogP contribution is 2.22. The molecule has 2 rings (SSSR count). The van der Waals surface area contributed by atoms with Gasteiger partial charge in [-0.1, -0.05) is 20.8 Å². The highest BCUT2D eigenvalue weighted by Gasteiger charge is 2.28. The Morgan fingerprint density at radius 1 is 1.50 bits per heavy atom. The predicted octanol–water partition coefficient (Wildman–Crippen LogP) is 1.32. The second-order valence-corrected chi connectivity index (χ2v) is 5.32. The number of anilines is 1. The minimum Gasteiger partial charge on any atom is -0.340 e. The summed E-state index contributed by atoms with van der Waals surface area (Å²) in [4.78, 5) is 6.76. The summed E-state index contributed by atoms with van der Waals surface area (Å²) >= 11 is 0. The summed E-state index contributed by atoms with van der Waals surface area (Å²) in [5.41, 5.74) is 6.05. The van der Waals surface area contributed by atoms with Crippen LogP contribution in [0.3, 0.4) is 0 Å². The second kappa shape index (κ2) is 4.45. The van der Waals surface area contributed by atoms with Gasteiger partial charge in [-0.2, -0.15) is 0 Å². The van der Waals surface area contributed by atoms with Crippen LogP contribution in [0.2, 0.25) is 0 Å². The smallest absolute Gasteiger partial charge is 0.205 e. The summed E-state index contributed by atoms with van der Waals surface area (Å²) in [7, 11) is 0. The van der Waals surface area contributed by atoms with Crippen LogP contribution in [-0.2, 0) is 6.54 Å². The first-order chi connectivity index (χ1) is 7.58. The molecule has 1 fully saturated rings. The van der Waals surface area contributed by atoms with Gasteiger partial charge in [0.25, 0.3) is 0 Å². The van der Waals surface area contributed by atoms with Crippen molar-refractivity contribution >= 4 is 5.95 Å². The molecule has 0 saturated carbocycles. The largest absolute Gasteiger partial charge is 0.340 e. The molecule has 0 bridgehead atoms. The predicted molar refractivity (Wildman–Crippen MR) is 66.4 cm³/mol. The summed E-state index contributed by atoms with van der Waals surface area (Å²) in [5.74, 6) is 2.28. The van der Waals surface area contributed by atoms with E-state index in [0.29, 0.717) is 11.8 Å². The number of nitrogens with zero attached hydrogens (tertiary/aromatic N) is 3. The second-order valence-electron chi connectivity index (χ2n) is 5.32. The topological polar surface area (TPSA) is 47.1 Å². The average Bonchev–Trinajstić information content (AvgIpc) is 2.74. The molecule has 0 amide bonds. The van der Waals surface area contributed by atoms with E-state index >= 15 is 0 Å². The molecular weight excluding hydrogens is 200 g/mol. The highest BCUT2D eigenvalue weighted by atomic mass is 15.3. The van der Waals surface area contributed by atoms with Gasteiger partial charge in [0.1, 0.15) is 0 Å². The van der Waals surface area contributed by atoms with E-state index in [1.807, 2.05) is 6.20 Å². The Morgan fingerprint density at radius 2 is 2.25 bits per heavy atom. The van der Waals surface area contributed by atoms with Crippen LogP contribution in [0.4, 0.5) is 5.95 Å². The molecule has 2 heterocycles. The molecule has 16 heavy (non-hydrogen) atoms. The molecule has 2 unspecified atom stereocenters. The summed E-state index contributed by atoms with van der Waals surface area (Å²) in [6, 6.07) is 0.282. The third-order valence-electron chi connectivity index (χ3n) is 3.21. The zero-order valence-electron chi connectivity index (χ0n) is 10.4. The molecule has 1 aromatic heterocycles. The van der Waals surface area contributed by atoms with E-state index in [2.05, 4.69) is 41.4 Å². The third-order valence-corrected chi connectivity index (χ3v) is 3.21. The van der Waals surface area contributed by atoms with E-state index in [1.54, 1.807) is 0 Å². The third kappa shape index (κ3) is 2.21. The van der Waals surface area contributed by atoms with E-state index in [0.717, 1.165) is 25.6 Å². The fourth-order valence-corrected chi connectivity index (χ4v) is 2.28. The number of hydrogen-bond donors (Lipinski definition) is 1. The van der Waals surface area contributed by atoms with E-state index in [1.165, 1.54) is 0 Å². The van der Waals surface area contributed by atoms with Crippen molar-refractivity contribution in [2.45, 2.75) is 33.4 Å². The normalized spacial score (nSPS) is 25.7. The van der Waals surface area contributed by atoms with Crippen molar-refractivity contribution in [3.05, 3.63) is 12.4 Å². The Bertz CT molecular complexity index is 335. The van der Waals surface area contributed by atoms with Crippen molar-refractivity contribution < 1.29 is 0 Å². The lowest BCUT2D eigenvalue weighted by Crippen LogP contribution is -2.29. The van der Waals surface area contributed by atoms with Gasteiger partial charge in [0.15, 0.2) is 0 Å². The molecular formula is C12H22N4. The molecule has 2 atom stereocenters. The average molecular weight is 222 g/mol. The van der Waals surface area contributed by atoms with Crippen LogP contribution < -0.4 is 10.6 Å². The Labute approximate surface area is 97.4 Å². The summed E-state index contributed by atoms with van der Waals surface area (Å²) in [5, 5.41) is 0. The molecule has 1 aromatic rings. The molecule has 4 heteroatoms. The summed E-state index contributed by atoms with van der Waals surface area (Å²) in [6.07, 6.45) is 3.94. The van der Waals surface area contributed by atoms with Gasteiger partial charge < -0.3 is 15.2 Å².